The Kier molecular flexibility index (Phi) is 4.63. The molecule has 0 amide bonds. The standard InChI is InChI=1S/C15H12N2O9S2/c1-26-15(19)10-7-13(18)17(16-10)11-6-5-8-9(14(11)28(23,24)25)3-2-4-12(8)27(20,21)22/h2-7,16H,1H3,(H,20,21,22)(H,23,24,25). The summed E-state index contributed by atoms with van der Waals surface area (Å²) in [7, 11) is -8.60. The molecule has 0 fully saturated rings. The molecule has 0 aliphatic heterocycles. The maximum Gasteiger partial charge on any atom is 0.356 e. The highest BCUT2D eigenvalue weighted by Gasteiger charge is 2.25. The molecule has 148 valence electrons. The Morgan fingerprint density at radius 2 is 1.71 bits per heavy atom. The molecule has 0 aliphatic carbocycles. The lowest BCUT2D eigenvalue weighted by Crippen LogP contribution is -2.17. The third-order valence-corrected chi connectivity index (χ3v) is 5.71. The molecule has 0 saturated heterocycles. The molecule has 11 nitrogen and oxygen atoms in total. The van der Waals surface area contributed by atoms with Crippen molar-refractivity contribution >= 4 is 37.0 Å². The van der Waals surface area contributed by atoms with Crippen LogP contribution in [0.5, 0.6) is 0 Å². The number of nitrogens with one attached hydrogen (secondary N) is 1. The first kappa shape index (κ1) is 19.8. The van der Waals surface area contributed by atoms with Crippen LogP contribution >= 0.6 is 0 Å². The van der Waals surface area contributed by atoms with E-state index in [1.54, 1.807) is 0 Å². The van der Waals surface area contributed by atoms with Gasteiger partial charge in [0, 0.05) is 16.8 Å². The molecule has 3 rings (SSSR count). The highest BCUT2D eigenvalue weighted by atomic mass is 32.2. The summed E-state index contributed by atoms with van der Waals surface area (Å²) in [6, 6.07) is 6.43. The van der Waals surface area contributed by atoms with Gasteiger partial charge in [-0.25, -0.2) is 9.48 Å². The third kappa shape index (κ3) is 3.31. The van der Waals surface area contributed by atoms with Crippen LogP contribution in [0.3, 0.4) is 0 Å². The normalized spacial score (nSPS) is 12.2. The number of hydrogen-bond acceptors (Lipinski definition) is 7. The molecular formula is C15H12N2O9S2. The van der Waals surface area contributed by atoms with E-state index < -0.39 is 41.6 Å². The van der Waals surface area contributed by atoms with E-state index in [2.05, 4.69) is 9.84 Å². The Hall–Kier alpha value is -3.00. The minimum atomic E-state index is -4.98. The van der Waals surface area contributed by atoms with Gasteiger partial charge in [-0.15, -0.1) is 0 Å². The summed E-state index contributed by atoms with van der Waals surface area (Å²) in [6.45, 7) is 0. The van der Waals surface area contributed by atoms with Crippen LogP contribution in [-0.2, 0) is 25.0 Å². The minimum Gasteiger partial charge on any atom is -0.464 e. The molecule has 1 heterocycles. The van der Waals surface area contributed by atoms with E-state index in [1.807, 2.05) is 0 Å². The molecule has 1 aromatic heterocycles. The van der Waals surface area contributed by atoms with Gasteiger partial charge in [0.25, 0.3) is 25.8 Å². The molecule has 13 heteroatoms. The number of methoxy groups -OCH3 is 1. The van der Waals surface area contributed by atoms with Crippen LogP contribution in [0.15, 0.2) is 51.0 Å². The van der Waals surface area contributed by atoms with Gasteiger partial charge < -0.3 is 4.74 Å². The van der Waals surface area contributed by atoms with Crippen LogP contribution in [0.2, 0.25) is 0 Å². The van der Waals surface area contributed by atoms with Crippen molar-refractivity contribution in [2.45, 2.75) is 9.79 Å². The number of carbonyl (C=O) groups is 1. The Morgan fingerprint density at radius 3 is 2.29 bits per heavy atom. The topological polar surface area (TPSA) is 173 Å². The van der Waals surface area contributed by atoms with Crippen LogP contribution in [0.25, 0.3) is 16.5 Å². The van der Waals surface area contributed by atoms with Gasteiger partial charge in [0.15, 0.2) is 0 Å². The molecule has 3 aromatic rings. The second-order valence-electron chi connectivity index (χ2n) is 5.55. The molecule has 3 N–H and O–H groups in total. The van der Waals surface area contributed by atoms with E-state index in [9.17, 15) is 35.5 Å². The third-order valence-electron chi connectivity index (χ3n) is 3.85. The van der Waals surface area contributed by atoms with Gasteiger partial charge in [-0.05, 0) is 12.1 Å². The highest BCUT2D eigenvalue weighted by Crippen LogP contribution is 2.32. The number of ether oxygens (including phenoxy) is 1. The lowest BCUT2D eigenvalue weighted by atomic mass is 10.1. The van der Waals surface area contributed by atoms with E-state index >= 15 is 0 Å². The first-order valence-electron chi connectivity index (χ1n) is 7.36. The van der Waals surface area contributed by atoms with Crippen LogP contribution in [-0.4, -0.2) is 48.8 Å². The van der Waals surface area contributed by atoms with Crippen LogP contribution in [0, 0.1) is 0 Å². The summed E-state index contributed by atoms with van der Waals surface area (Å²) in [5, 5.41) is 1.89. The SMILES string of the molecule is COC(=O)c1cc(=O)n(-c2ccc3c(S(=O)(=O)O)cccc3c2S(=O)(=O)O)[nH]1. The zero-order valence-electron chi connectivity index (χ0n) is 14.0. The van der Waals surface area contributed by atoms with Gasteiger partial charge in [-0.3, -0.25) is 19.0 Å². The van der Waals surface area contributed by atoms with Crippen LogP contribution < -0.4 is 5.56 Å². The average Bonchev–Trinajstić information content (AvgIpc) is 2.99. The number of esters is 1. The number of carbonyl (C=O) groups excluding carboxylic acids is 1. The minimum absolute atomic E-state index is 0.200. The van der Waals surface area contributed by atoms with E-state index in [0.29, 0.717) is 4.68 Å². The zero-order valence-corrected chi connectivity index (χ0v) is 15.6. The van der Waals surface area contributed by atoms with Gasteiger partial charge in [0.1, 0.15) is 15.5 Å². The molecule has 0 bridgehead atoms. The molecule has 0 aliphatic rings. The number of rotatable bonds is 4. The average molecular weight is 428 g/mol. The molecule has 28 heavy (non-hydrogen) atoms. The van der Waals surface area contributed by atoms with Crippen molar-refractivity contribution in [2.75, 3.05) is 7.11 Å². The molecule has 0 spiro atoms. The van der Waals surface area contributed by atoms with Crippen molar-refractivity contribution in [3.05, 3.63) is 52.4 Å². The van der Waals surface area contributed by atoms with E-state index in [0.717, 1.165) is 37.4 Å². The molecule has 2 aromatic carbocycles. The van der Waals surface area contributed by atoms with E-state index in [1.165, 1.54) is 6.07 Å². The summed E-state index contributed by atoms with van der Waals surface area (Å²) < 4.78 is 71.4. The van der Waals surface area contributed by atoms with Gasteiger partial charge in [0.05, 0.1) is 12.8 Å². The fourth-order valence-corrected chi connectivity index (χ4v) is 4.34. The van der Waals surface area contributed by atoms with Crippen molar-refractivity contribution in [2.24, 2.45) is 0 Å². The highest BCUT2D eigenvalue weighted by molar-refractivity contribution is 7.86. The predicted molar refractivity (Wildman–Crippen MR) is 94.9 cm³/mol. The van der Waals surface area contributed by atoms with Gasteiger partial charge in [-0.1, -0.05) is 18.2 Å². The van der Waals surface area contributed by atoms with Crippen molar-refractivity contribution in [1.29, 1.82) is 0 Å². The van der Waals surface area contributed by atoms with Gasteiger partial charge in [0.2, 0.25) is 0 Å². The predicted octanol–water partition coefficient (Wildman–Crippen LogP) is 0.599. The monoisotopic (exact) mass is 428 g/mol. The number of fused-ring (bicyclic) bond motifs is 1. The maximum absolute atomic E-state index is 12.2. The van der Waals surface area contributed by atoms with Crippen LogP contribution in [0.1, 0.15) is 10.5 Å². The van der Waals surface area contributed by atoms with Crippen molar-refractivity contribution in [3.63, 3.8) is 0 Å². The van der Waals surface area contributed by atoms with Crippen molar-refractivity contribution in [3.8, 4) is 5.69 Å². The summed E-state index contributed by atoms with van der Waals surface area (Å²) >= 11 is 0. The molecule has 0 radical (unpaired) electrons. The number of benzene rings is 2. The second kappa shape index (κ2) is 6.56. The first-order valence-corrected chi connectivity index (χ1v) is 10.2. The quantitative estimate of drug-likeness (QED) is 0.397. The molecule has 0 atom stereocenters. The van der Waals surface area contributed by atoms with Crippen LogP contribution in [0.4, 0.5) is 0 Å². The number of nitrogens with zero attached hydrogens (tertiary/aromatic N) is 1. The summed E-state index contributed by atoms with van der Waals surface area (Å²) in [6.07, 6.45) is 0. The van der Waals surface area contributed by atoms with Crippen molar-refractivity contribution < 1.29 is 35.5 Å². The smallest absolute Gasteiger partial charge is 0.356 e. The molecule has 0 saturated carbocycles. The number of aromatic nitrogens is 2. The van der Waals surface area contributed by atoms with Gasteiger partial charge >= 0.3 is 5.97 Å². The Balaban J connectivity index is 2.46. The fraction of sp³-hybridized carbons (Fsp3) is 0.0667. The van der Waals surface area contributed by atoms with E-state index in [-0.39, 0.29) is 22.2 Å². The van der Waals surface area contributed by atoms with Gasteiger partial charge in [-0.2, -0.15) is 16.8 Å². The number of aromatic amines is 1. The second-order valence-corrected chi connectivity index (χ2v) is 8.30. The first-order chi connectivity index (χ1) is 12.9. The Labute approximate surface area is 157 Å². The lowest BCUT2D eigenvalue weighted by Gasteiger charge is -2.12. The fourth-order valence-electron chi connectivity index (χ4n) is 2.75. The summed E-state index contributed by atoms with van der Waals surface area (Å²) in [4.78, 5) is 22.4. The molecular weight excluding hydrogens is 416 g/mol. The summed E-state index contributed by atoms with van der Waals surface area (Å²) in [5.41, 5.74) is -1.49. The number of hydrogen-bond donors (Lipinski definition) is 3. The van der Waals surface area contributed by atoms with Crippen molar-refractivity contribution in [1.82, 2.24) is 9.78 Å². The summed E-state index contributed by atoms with van der Waals surface area (Å²) in [5.74, 6) is -0.890. The van der Waals surface area contributed by atoms with E-state index in [4.69, 9.17) is 0 Å². The zero-order chi connectivity index (χ0) is 20.9. The maximum atomic E-state index is 12.2. The Bertz CT molecular complexity index is 1380. The largest absolute Gasteiger partial charge is 0.464 e. The lowest BCUT2D eigenvalue weighted by molar-refractivity contribution is 0.0593. The number of H-pyrrole nitrogens is 1. The molecule has 0 unspecified atom stereocenters. The Morgan fingerprint density at radius 1 is 1.04 bits per heavy atom.